The van der Waals surface area contributed by atoms with Crippen molar-refractivity contribution >= 4 is 17.1 Å². The number of nitrogens with zero attached hydrogens (tertiary/aromatic N) is 1. The number of hydrogen-bond donors (Lipinski definition) is 0. The number of para-hydroxylation sites is 2. The molecule has 0 unspecified atom stereocenters. The molecule has 5 aliphatic carbocycles. The predicted molar refractivity (Wildman–Crippen MR) is 170 cm³/mol. The second kappa shape index (κ2) is 8.95. The molecule has 1 spiro atoms. The van der Waals surface area contributed by atoms with Crippen molar-refractivity contribution in [1.82, 2.24) is 0 Å². The molecule has 5 aliphatic rings. The molecule has 0 aliphatic heterocycles. The first-order valence-corrected chi connectivity index (χ1v) is 15.6. The van der Waals surface area contributed by atoms with E-state index < -0.39 is 0 Å². The standard InChI is InChI=1S/C40H35N/c1-3-12-29(13-4-1)33-16-8-10-20-37(33)41(32-14-5-2-6-15-32)38-21-11-18-35-34-17-7-9-19-36(34)40(39(35)38)30-23-27-22-28(25-30)26-31(40)24-27/h1-21,27-28,30-31H,22-26H2. The first kappa shape index (κ1) is 23.6. The van der Waals surface area contributed by atoms with Crippen molar-refractivity contribution in [2.24, 2.45) is 23.7 Å². The van der Waals surface area contributed by atoms with Crippen LogP contribution in [0.4, 0.5) is 17.1 Å². The average molecular weight is 530 g/mol. The van der Waals surface area contributed by atoms with Gasteiger partial charge in [0.05, 0.1) is 11.4 Å². The lowest BCUT2D eigenvalue weighted by atomic mass is 9.43. The molecule has 0 heterocycles. The monoisotopic (exact) mass is 529 g/mol. The van der Waals surface area contributed by atoms with Gasteiger partial charge in [-0.3, -0.25) is 0 Å². The molecule has 0 atom stereocenters. The Bertz CT molecular complexity index is 1720. The highest BCUT2D eigenvalue weighted by molar-refractivity contribution is 5.94. The average Bonchev–Trinajstić information content (AvgIpc) is 3.33. The molecule has 1 nitrogen and oxygen atoms in total. The summed E-state index contributed by atoms with van der Waals surface area (Å²) in [5, 5.41) is 0. The minimum Gasteiger partial charge on any atom is -0.310 e. The summed E-state index contributed by atoms with van der Waals surface area (Å²) >= 11 is 0. The molecule has 41 heavy (non-hydrogen) atoms. The fourth-order valence-corrected chi connectivity index (χ4v) is 9.89. The molecule has 0 radical (unpaired) electrons. The molecule has 0 aromatic heterocycles. The number of rotatable bonds is 4. The van der Waals surface area contributed by atoms with E-state index in [9.17, 15) is 0 Å². The number of anilines is 3. The van der Waals surface area contributed by atoms with Gasteiger partial charge in [-0.15, -0.1) is 0 Å². The third-order valence-electron chi connectivity index (χ3n) is 11.0. The van der Waals surface area contributed by atoms with Crippen LogP contribution < -0.4 is 4.90 Å². The summed E-state index contributed by atoms with van der Waals surface area (Å²) < 4.78 is 0. The molecule has 10 rings (SSSR count). The first-order valence-electron chi connectivity index (χ1n) is 15.6. The van der Waals surface area contributed by atoms with Crippen molar-refractivity contribution in [2.45, 2.75) is 37.5 Å². The molecular weight excluding hydrogens is 494 g/mol. The van der Waals surface area contributed by atoms with Crippen LogP contribution in [0.5, 0.6) is 0 Å². The Kier molecular flexibility index (Phi) is 5.15. The third-order valence-corrected chi connectivity index (χ3v) is 11.0. The molecule has 5 aromatic carbocycles. The van der Waals surface area contributed by atoms with Gasteiger partial charge in [-0.25, -0.2) is 0 Å². The van der Waals surface area contributed by atoms with Crippen LogP contribution in [0.25, 0.3) is 22.3 Å². The lowest BCUT2D eigenvalue weighted by molar-refractivity contribution is -0.0397. The zero-order valence-corrected chi connectivity index (χ0v) is 23.4. The normalized spacial score (nSPS) is 26.6. The minimum absolute atomic E-state index is 0.102. The number of hydrogen-bond acceptors (Lipinski definition) is 1. The van der Waals surface area contributed by atoms with E-state index in [1.807, 2.05) is 0 Å². The van der Waals surface area contributed by atoms with Gasteiger partial charge < -0.3 is 4.90 Å². The Balaban J connectivity index is 1.35. The molecule has 4 bridgehead atoms. The maximum atomic E-state index is 2.58. The second-order valence-electron chi connectivity index (χ2n) is 13.0. The van der Waals surface area contributed by atoms with Crippen molar-refractivity contribution in [2.75, 3.05) is 4.90 Å². The van der Waals surface area contributed by atoms with E-state index in [1.165, 1.54) is 71.4 Å². The minimum atomic E-state index is 0.102. The zero-order valence-electron chi connectivity index (χ0n) is 23.4. The molecular formula is C40H35N. The lowest BCUT2D eigenvalue weighted by Gasteiger charge is -2.61. The molecule has 200 valence electrons. The zero-order chi connectivity index (χ0) is 27.0. The van der Waals surface area contributed by atoms with E-state index in [0.717, 1.165) is 23.7 Å². The Morgan fingerprint density at radius 1 is 0.463 bits per heavy atom. The van der Waals surface area contributed by atoms with Crippen molar-refractivity contribution in [1.29, 1.82) is 0 Å². The van der Waals surface area contributed by atoms with Gasteiger partial charge in [-0.2, -0.15) is 0 Å². The highest BCUT2D eigenvalue weighted by Crippen LogP contribution is 2.71. The van der Waals surface area contributed by atoms with E-state index in [4.69, 9.17) is 0 Å². The van der Waals surface area contributed by atoms with Crippen molar-refractivity contribution < 1.29 is 0 Å². The van der Waals surface area contributed by atoms with Crippen LogP contribution in [0.2, 0.25) is 0 Å². The van der Waals surface area contributed by atoms with Gasteiger partial charge >= 0.3 is 0 Å². The molecule has 1 heteroatoms. The van der Waals surface area contributed by atoms with Gasteiger partial charge in [-0.1, -0.05) is 103 Å². The van der Waals surface area contributed by atoms with E-state index >= 15 is 0 Å². The van der Waals surface area contributed by atoms with Gasteiger partial charge in [0, 0.05) is 16.7 Å². The van der Waals surface area contributed by atoms with Crippen LogP contribution in [-0.2, 0) is 5.41 Å². The van der Waals surface area contributed by atoms with E-state index in [-0.39, 0.29) is 5.41 Å². The lowest BCUT2D eigenvalue weighted by Crippen LogP contribution is -2.55. The van der Waals surface area contributed by atoms with Gasteiger partial charge in [0.15, 0.2) is 0 Å². The molecule has 4 saturated carbocycles. The molecule has 4 fully saturated rings. The number of benzene rings is 5. The van der Waals surface area contributed by atoms with Crippen LogP contribution in [0.15, 0.2) is 127 Å². The summed E-state index contributed by atoms with van der Waals surface area (Å²) in [4.78, 5) is 2.58. The summed E-state index contributed by atoms with van der Waals surface area (Å²) in [7, 11) is 0. The smallest absolute Gasteiger partial charge is 0.0540 e. The van der Waals surface area contributed by atoms with Crippen LogP contribution >= 0.6 is 0 Å². The van der Waals surface area contributed by atoms with Gasteiger partial charge in [0.25, 0.3) is 0 Å². The van der Waals surface area contributed by atoms with Crippen LogP contribution in [0, 0.1) is 23.7 Å². The van der Waals surface area contributed by atoms with Gasteiger partial charge in [0.1, 0.15) is 0 Å². The second-order valence-corrected chi connectivity index (χ2v) is 13.0. The highest BCUT2D eigenvalue weighted by Gasteiger charge is 2.62. The molecule has 5 aromatic rings. The van der Waals surface area contributed by atoms with Crippen LogP contribution in [0.1, 0.15) is 43.2 Å². The van der Waals surface area contributed by atoms with Gasteiger partial charge in [0.2, 0.25) is 0 Å². The fourth-order valence-electron chi connectivity index (χ4n) is 9.89. The maximum absolute atomic E-state index is 2.58. The van der Waals surface area contributed by atoms with Crippen molar-refractivity contribution in [3.63, 3.8) is 0 Å². The maximum Gasteiger partial charge on any atom is 0.0540 e. The SMILES string of the molecule is c1ccc(-c2ccccc2N(c2ccccc2)c2cccc3c2C2(c4ccccc4-3)C3CC4CC(C3)CC2C4)cc1. The predicted octanol–water partition coefficient (Wildman–Crippen LogP) is 10.5. The molecule has 0 saturated heterocycles. The third kappa shape index (κ3) is 3.29. The fraction of sp³-hybridized carbons (Fsp3) is 0.250. The van der Waals surface area contributed by atoms with E-state index in [1.54, 1.807) is 11.1 Å². The summed E-state index contributed by atoms with van der Waals surface area (Å²) in [6.07, 6.45) is 7.03. The van der Waals surface area contributed by atoms with E-state index in [2.05, 4.69) is 132 Å². The summed E-state index contributed by atoms with van der Waals surface area (Å²) in [5.41, 5.74) is 12.6. The highest BCUT2D eigenvalue weighted by atomic mass is 15.1. The van der Waals surface area contributed by atoms with Gasteiger partial charge in [-0.05, 0) is 108 Å². The number of fused-ring (bicyclic) bond motifs is 3. The van der Waals surface area contributed by atoms with Crippen molar-refractivity contribution in [3.8, 4) is 22.3 Å². The Labute approximate surface area is 243 Å². The Morgan fingerprint density at radius 3 is 1.76 bits per heavy atom. The Morgan fingerprint density at radius 2 is 1.02 bits per heavy atom. The topological polar surface area (TPSA) is 3.24 Å². The summed E-state index contributed by atoms with van der Waals surface area (Å²) in [6.45, 7) is 0. The summed E-state index contributed by atoms with van der Waals surface area (Å²) in [6, 6.07) is 47.6. The Hall–Kier alpha value is -4.10. The van der Waals surface area contributed by atoms with Crippen LogP contribution in [-0.4, -0.2) is 0 Å². The van der Waals surface area contributed by atoms with Crippen LogP contribution in [0.3, 0.4) is 0 Å². The van der Waals surface area contributed by atoms with Crippen molar-refractivity contribution in [3.05, 3.63) is 139 Å². The molecule has 0 N–H and O–H groups in total. The quantitative estimate of drug-likeness (QED) is 0.224. The first-order chi connectivity index (χ1) is 20.3. The molecule has 0 amide bonds. The summed E-state index contributed by atoms with van der Waals surface area (Å²) in [5.74, 6) is 3.31. The largest absolute Gasteiger partial charge is 0.310 e. The van der Waals surface area contributed by atoms with E-state index in [0.29, 0.717) is 0 Å².